The van der Waals surface area contributed by atoms with E-state index in [4.69, 9.17) is 0 Å². The molecule has 0 saturated carbocycles. The van der Waals surface area contributed by atoms with Crippen LogP contribution in [0.2, 0.25) is 0 Å². The predicted molar refractivity (Wildman–Crippen MR) is 74.2 cm³/mol. The van der Waals surface area contributed by atoms with E-state index in [-0.39, 0.29) is 17.7 Å². The summed E-state index contributed by atoms with van der Waals surface area (Å²) in [5.41, 5.74) is 1.60. The molecule has 2 rings (SSSR count). The van der Waals surface area contributed by atoms with Gasteiger partial charge in [-0.1, -0.05) is 24.3 Å². The minimum absolute atomic E-state index is 0.00861. The fourth-order valence-electron chi connectivity index (χ4n) is 1.96. The molecular formula is C16H17F2NO. The van der Waals surface area contributed by atoms with E-state index < -0.39 is 6.10 Å². The number of hydrogen-bond donors (Lipinski definition) is 2. The Morgan fingerprint density at radius 2 is 1.35 bits per heavy atom. The number of hydrogen-bond acceptors (Lipinski definition) is 2. The zero-order valence-electron chi connectivity index (χ0n) is 11.2. The summed E-state index contributed by atoms with van der Waals surface area (Å²) in [7, 11) is 0. The van der Waals surface area contributed by atoms with Crippen LogP contribution in [0.15, 0.2) is 48.5 Å². The average molecular weight is 277 g/mol. The Balaban J connectivity index is 1.91. The number of rotatable bonds is 5. The molecule has 0 aliphatic heterocycles. The molecule has 0 aliphatic rings. The molecule has 2 aromatic rings. The van der Waals surface area contributed by atoms with Gasteiger partial charge in [0, 0.05) is 12.6 Å². The Labute approximate surface area is 117 Å². The van der Waals surface area contributed by atoms with E-state index in [2.05, 4.69) is 5.32 Å². The minimum atomic E-state index is -0.710. The quantitative estimate of drug-likeness (QED) is 0.878. The van der Waals surface area contributed by atoms with E-state index in [0.29, 0.717) is 12.1 Å². The second-order valence-corrected chi connectivity index (χ2v) is 4.75. The molecule has 4 heteroatoms. The van der Waals surface area contributed by atoms with E-state index in [0.717, 1.165) is 5.56 Å². The molecule has 0 bridgehead atoms. The molecule has 0 amide bonds. The number of nitrogens with one attached hydrogen (secondary N) is 1. The Hall–Kier alpha value is -1.78. The van der Waals surface area contributed by atoms with Crippen molar-refractivity contribution in [3.8, 4) is 0 Å². The smallest absolute Gasteiger partial charge is 0.123 e. The Morgan fingerprint density at radius 3 is 1.85 bits per heavy atom. The van der Waals surface area contributed by atoms with Crippen LogP contribution in [0.3, 0.4) is 0 Å². The van der Waals surface area contributed by atoms with Crippen molar-refractivity contribution in [1.82, 2.24) is 5.32 Å². The molecule has 2 N–H and O–H groups in total. The van der Waals surface area contributed by atoms with E-state index in [1.807, 2.05) is 6.92 Å². The van der Waals surface area contributed by atoms with Crippen molar-refractivity contribution in [2.45, 2.75) is 19.1 Å². The third-order valence-electron chi connectivity index (χ3n) is 3.24. The van der Waals surface area contributed by atoms with Crippen molar-refractivity contribution < 1.29 is 13.9 Å². The van der Waals surface area contributed by atoms with Crippen LogP contribution in [0.25, 0.3) is 0 Å². The molecule has 2 aromatic carbocycles. The fourth-order valence-corrected chi connectivity index (χ4v) is 1.96. The highest BCUT2D eigenvalue weighted by Gasteiger charge is 2.10. The molecule has 0 radical (unpaired) electrons. The summed E-state index contributed by atoms with van der Waals surface area (Å²) in [6, 6.07) is 12.0. The third kappa shape index (κ3) is 3.85. The summed E-state index contributed by atoms with van der Waals surface area (Å²) in [6.45, 7) is 2.27. The number of benzene rings is 2. The van der Waals surface area contributed by atoms with Gasteiger partial charge in [0.1, 0.15) is 11.6 Å². The van der Waals surface area contributed by atoms with Gasteiger partial charge in [0.25, 0.3) is 0 Å². The van der Waals surface area contributed by atoms with Crippen LogP contribution in [-0.2, 0) is 0 Å². The van der Waals surface area contributed by atoms with Crippen LogP contribution in [0.4, 0.5) is 8.78 Å². The molecule has 0 aromatic heterocycles. The molecule has 0 saturated heterocycles. The lowest BCUT2D eigenvalue weighted by atomic mass is 10.1. The normalized spacial score (nSPS) is 14.0. The SMILES string of the molecule is CC(NCC(O)c1ccc(F)cc1)c1ccc(F)cc1. The molecule has 2 unspecified atom stereocenters. The molecule has 106 valence electrons. The van der Waals surface area contributed by atoms with E-state index >= 15 is 0 Å². The zero-order chi connectivity index (χ0) is 14.5. The van der Waals surface area contributed by atoms with Gasteiger partial charge in [0.15, 0.2) is 0 Å². The summed E-state index contributed by atoms with van der Waals surface area (Å²) in [5.74, 6) is -0.596. The highest BCUT2D eigenvalue weighted by atomic mass is 19.1. The van der Waals surface area contributed by atoms with Gasteiger partial charge in [-0.05, 0) is 42.3 Å². The standard InChI is InChI=1S/C16H17F2NO/c1-11(12-2-6-14(17)7-3-12)19-10-16(20)13-4-8-15(18)9-5-13/h2-9,11,16,19-20H,10H2,1H3. The summed E-state index contributed by atoms with van der Waals surface area (Å²) in [6.07, 6.45) is -0.710. The van der Waals surface area contributed by atoms with Crippen LogP contribution in [-0.4, -0.2) is 11.7 Å². The maximum Gasteiger partial charge on any atom is 0.123 e. The first-order chi connectivity index (χ1) is 9.56. The monoisotopic (exact) mass is 277 g/mol. The third-order valence-corrected chi connectivity index (χ3v) is 3.24. The molecule has 2 atom stereocenters. The van der Waals surface area contributed by atoms with E-state index in [1.165, 1.54) is 24.3 Å². The Kier molecular flexibility index (Phi) is 4.82. The highest BCUT2D eigenvalue weighted by Crippen LogP contribution is 2.16. The van der Waals surface area contributed by atoms with Gasteiger partial charge in [0.05, 0.1) is 6.10 Å². The molecule has 2 nitrogen and oxygen atoms in total. The van der Waals surface area contributed by atoms with Crippen LogP contribution < -0.4 is 5.32 Å². The van der Waals surface area contributed by atoms with Gasteiger partial charge in [0.2, 0.25) is 0 Å². The van der Waals surface area contributed by atoms with Crippen LogP contribution >= 0.6 is 0 Å². The predicted octanol–water partition coefficient (Wildman–Crippen LogP) is 3.35. The molecule has 0 fully saturated rings. The van der Waals surface area contributed by atoms with Crippen LogP contribution in [0, 0.1) is 11.6 Å². The van der Waals surface area contributed by atoms with Gasteiger partial charge in [-0.2, -0.15) is 0 Å². The molecule has 0 heterocycles. The van der Waals surface area contributed by atoms with Gasteiger partial charge < -0.3 is 10.4 Å². The Bertz CT molecular complexity index is 488. The number of aliphatic hydroxyl groups is 1. The van der Waals surface area contributed by atoms with Gasteiger partial charge in [-0.15, -0.1) is 0 Å². The van der Waals surface area contributed by atoms with Crippen LogP contribution in [0.5, 0.6) is 0 Å². The minimum Gasteiger partial charge on any atom is -0.387 e. The Morgan fingerprint density at radius 1 is 0.900 bits per heavy atom. The number of halogens is 2. The van der Waals surface area contributed by atoms with Gasteiger partial charge >= 0.3 is 0 Å². The summed E-state index contributed by atoms with van der Waals surface area (Å²) in [5, 5.41) is 13.2. The van der Waals surface area contributed by atoms with Crippen LogP contribution in [0.1, 0.15) is 30.2 Å². The zero-order valence-corrected chi connectivity index (χ0v) is 11.2. The summed E-state index contributed by atoms with van der Waals surface area (Å²) in [4.78, 5) is 0. The largest absolute Gasteiger partial charge is 0.387 e. The fraction of sp³-hybridized carbons (Fsp3) is 0.250. The van der Waals surface area contributed by atoms with E-state index in [9.17, 15) is 13.9 Å². The summed E-state index contributed by atoms with van der Waals surface area (Å²) >= 11 is 0. The first-order valence-corrected chi connectivity index (χ1v) is 6.48. The summed E-state index contributed by atoms with van der Waals surface area (Å²) < 4.78 is 25.6. The first-order valence-electron chi connectivity index (χ1n) is 6.48. The maximum atomic E-state index is 12.8. The average Bonchev–Trinajstić information content (AvgIpc) is 2.46. The molecular weight excluding hydrogens is 260 g/mol. The lowest BCUT2D eigenvalue weighted by Crippen LogP contribution is -2.24. The van der Waals surface area contributed by atoms with Gasteiger partial charge in [-0.3, -0.25) is 0 Å². The molecule has 0 aliphatic carbocycles. The van der Waals surface area contributed by atoms with Crippen molar-refractivity contribution in [3.05, 3.63) is 71.3 Å². The highest BCUT2D eigenvalue weighted by molar-refractivity contribution is 5.21. The lowest BCUT2D eigenvalue weighted by Gasteiger charge is -2.17. The molecule has 20 heavy (non-hydrogen) atoms. The van der Waals surface area contributed by atoms with Crippen molar-refractivity contribution in [2.75, 3.05) is 6.54 Å². The second-order valence-electron chi connectivity index (χ2n) is 4.75. The second kappa shape index (κ2) is 6.59. The number of aliphatic hydroxyl groups excluding tert-OH is 1. The van der Waals surface area contributed by atoms with E-state index in [1.54, 1.807) is 24.3 Å². The lowest BCUT2D eigenvalue weighted by molar-refractivity contribution is 0.170. The van der Waals surface area contributed by atoms with Crippen molar-refractivity contribution in [2.24, 2.45) is 0 Å². The van der Waals surface area contributed by atoms with Crippen molar-refractivity contribution >= 4 is 0 Å². The first kappa shape index (κ1) is 14.6. The molecule has 0 spiro atoms. The topological polar surface area (TPSA) is 32.3 Å². The van der Waals surface area contributed by atoms with Crippen molar-refractivity contribution in [1.29, 1.82) is 0 Å². The van der Waals surface area contributed by atoms with Gasteiger partial charge in [-0.25, -0.2) is 8.78 Å². The maximum absolute atomic E-state index is 12.8. The van der Waals surface area contributed by atoms with Crippen molar-refractivity contribution in [3.63, 3.8) is 0 Å².